The molecule has 0 spiro atoms. The molecule has 1 aliphatic rings. The number of nitrogen functional groups attached to an aromatic ring is 1. The Hall–Kier alpha value is -3.04. The molecule has 192 valence electrons. The Kier molecular flexibility index (Phi) is 7.90. The molecule has 0 aliphatic carbocycles. The molecule has 3 aromatic rings. The zero-order valence-corrected chi connectivity index (χ0v) is 22.6. The number of amides is 2. The summed E-state index contributed by atoms with van der Waals surface area (Å²) in [6.07, 6.45) is 3.99. The minimum atomic E-state index is -0.655. The smallest absolute Gasteiger partial charge is 0.313 e. The van der Waals surface area contributed by atoms with Gasteiger partial charge in [-0.2, -0.15) is 0 Å². The first kappa shape index (κ1) is 26.0. The van der Waals surface area contributed by atoms with Crippen LogP contribution in [0.5, 0.6) is 0 Å². The van der Waals surface area contributed by atoms with E-state index in [0.29, 0.717) is 36.3 Å². The van der Waals surface area contributed by atoms with Gasteiger partial charge in [0.05, 0.1) is 33.2 Å². The summed E-state index contributed by atoms with van der Waals surface area (Å²) >= 11 is 1.72. The van der Waals surface area contributed by atoms with Gasteiger partial charge in [-0.3, -0.25) is 9.59 Å². The van der Waals surface area contributed by atoms with Gasteiger partial charge in [0.1, 0.15) is 5.82 Å². The molecule has 1 aromatic carbocycles. The maximum atomic E-state index is 13.4. The number of piperidine rings is 1. The fraction of sp³-hybridized carbons (Fsp3) is 0.481. The summed E-state index contributed by atoms with van der Waals surface area (Å²) in [5.41, 5.74) is 9.16. The van der Waals surface area contributed by atoms with E-state index in [-0.39, 0.29) is 6.04 Å². The summed E-state index contributed by atoms with van der Waals surface area (Å²) in [4.78, 5) is 39.3. The predicted molar refractivity (Wildman–Crippen MR) is 146 cm³/mol. The average Bonchev–Trinajstić information content (AvgIpc) is 3.28. The highest BCUT2D eigenvalue weighted by Crippen LogP contribution is 2.36. The maximum absolute atomic E-state index is 13.4. The quantitative estimate of drug-likeness (QED) is 0.477. The van der Waals surface area contributed by atoms with Crippen LogP contribution in [0.15, 0.2) is 30.5 Å². The molecule has 2 amide bonds. The second-order valence-electron chi connectivity index (χ2n) is 10.2. The third kappa shape index (κ3) is 5.68. The standard InChI is InChI=1S/C27H36N6O2S/c1-6-18-11-20(13-29-24(18)28)30-25(34)27(35)33-14-16(2)7-9-22(33)19-8-10-23-21(12-19)31-26(36-23)17(3)15-32(4)5/h8,10-13,16-17,22H,6-7,9,14-15H2,1-5H3,(H2,28,29)(H,30,34)/t16-,17-,22+/m0/s1. The first-order chi connectivity index (χ1) is 17.2. The van der Waals surface area contributed by atoms with Crippen LogP contribution in [0.1, 0.15) is 61.7 Å². The van der Waals surface area contributed by atoms with E-state index >= 15 is 0 Å². The molecule has 4 rings (SSSR count). The van der Waals surface area contributed by atoms with Gasteiger partial charge in [-0.1, -0.05) is 26.8 Å². The molecule has 36 heavy (non-hydrogen) atoms. The van der Waals surface area contributed by atoms with E-state index in [4.69, 9.17) is 10.7 Å². The highest BCUT2D eigenvalue weighted by molar-refractivity contribution is 7.18. The number of anilines is 2. The van der Waals surface area contributed by atoms with Crippen LogP contribution in [0.4, 0.5) is 11.5 Å². The number of nitrogens with zero attached hydrogens (tertiary/aromatic N) is 4. The van der Waals surface area contributed by atoms with E-state index < -0.39 is 11.8 Å². The van der Waals surface area contributed by atoms with Gasteiger partial charge in [0, 0.05) is 19.0 Å². The number of nitrogens with one attached hydrogen (secondary N) is 1. The summed E-state index contributed by atoms with van der Waals surface area (Å²) in [6.45, 7) is 7.76. The Bertz CT molecular complexity index is 1260. The molecule has 9 heteroatoms. The Balaban J connectivity index is 1.56. The lowest BCUT2D eigenvalue weighted by Crippen LogP contribution is -2.46. The fourth-order valence-electron chi connectivity index (χ4n) is 4.92. The topological polar surface area (TPSA) is 104 Å². The van der Waals surface area contributed by atoms with Crippen molar-refractivity contribution in [3.05, 3.63) is 46.6 Å². The number of benzene rings is 1. The normalized spacial score (nSPS) is 19.0. The van der Waals surface area contributed by atoms with Crippen LogP contribution in [0.3, 0.4) is 0 Å². The number of aromatic nitrogens is 2. The van der Waals surface area contributed by atoms with Crippen LogP contribution in [-0.4, -0.2) is 58.8 Å². The first-order valence-corrected chi connectivity index (χ1v) is 13.4. The van der Waals surface area contributed by atoms with Crippen LogP contribution < -0.4 is 11.1 Å². The van der Waals surface area contributed by atoms with Crippen LogP contribution in [0.2, 0.25) is 0 Å². The zero-order valence-electron chi connectivity index (χ0n) is 21.7. The van der Waals surface area contributed by atoms with Crippen LogP contribution in [0, 0.1) is 5.92 Å². The van der Waals surface area contributed by atoms with E-state index in [0.717, 1.165) is 45.7 Å². The largest absolute Gasteiger partial charge is 0.383 e. The van der Waals surface area contributed by atoms with Gasteiger partial charge in [0.15, 0.2) is 0 Å². The number of nitrogens with two attached hydrogens (primary N) is 1. The van der Waals surface area contributed by atoms with Crippen molar-refractivity contribution in [2.75, 3.05) is 38.2 Å². The predicted octanol–water partition coefficient (Wildman–Crippen LogP) is 4.44. The molecule has 8 nitrogen and oxygen atoms in total. The number of thiazole rings is 1. The van der Waals surface area contributed by atoms with Gasteiger partial charge in [-0.05, 0) is 68.6 Å². The minimum Gasteiger partial charge on any atom is -0.383 e. The Labute approximate surface area is 216 Å². The molecule has 0 radical (unpaired) electrons. The van der Waals surface area contributed by atoms with Crippen LogP contribution in [0.25, 0.3) is 10.2 Å². The van der Waals surface area contributed by atoms with Crippen molar-refractivity contribution < 1.29 is 9.59 Å². The van der Waals surface area contributed by atoms with Crippen molar-refractivity contribution in [3.8, 4) is 0 Å². The number of aryl methyl sites for hydroxylation is 1. The molecule has 0 unspecified atom stereocenters. The lowest BCUT2D eigenvalue weighted by molar-refractivity contribution is -0.146. The van der Waals surface area contributed by atoms with Crippen molar-refractivity contribution in [2.24, 2.45) is 5.92 Å². The molecule has 0 bridgehead atoms. The summed E-state index contributed by atoms with van der Waals surface area (Å²) in [7, 11) is 4.14. The van der Waals surface area contributed by atoms with Crippen LogP contribution >= 0.6 is 11.3 Å². The summed E-state index contributed by atoms with van der Waals surface area (Å²) in [6, 6.07) is 7.88. The number of pyridine rings is 1. The van der Waals surface area contributed by atoms with Gasteiger partial charge in [0.25, 0.3) is 0 Å². The SMILES string of the molecule is CCc1cc(NC(=O)C(=O)N2C[C@@H](C)CC[C@@H]2c2ccc3sc([C@@H](C)CN(C)C)nc3c2)cnc1N. The summed E-state index contributed by atoms with van der Waals surface area (Å²) < 4.78 is 1.14. The highest BCUT2D eigenvalue weighted by atomic mass is 32.1. The second kappa shape index (κ2) is 10.9. The van der Waals surface area contributed by atoms with Crippen molar-refractivity contribution >= 4 is 44.9 Å². The zero-order chi connectivity index (χ0) is 26.0. The molecule has 0 saturated carbocycles. The third-order valence-corrected chi connectivity index (χ3v) is 8.05. The van der Waals surface area contributed by atoms with Crippen molar-refractivity contribution in [3.63, 3.8) is 0 Å². The number of likely N-dealkylation sites (tertiary alicyclic amines) is 1. The average molecular weight is 509 g/mol. The molecule has 3 heterocycles. The number of likely N-dealkylation sites (N-methyl/N-ethyl adjacent to an activating group) is 1. The lowest BCUT2D eigenvalue weighted by atomic mass is 9.89. The highest BCUT2D eigenvalue weighted by Gasteiger charge is 2.34. The first-order valence-electron chi connectivity index (χ1n) is 12.6. The number of fused-ring (bicyclic) bond motifs is 1. The number of carbonyl (C=O) groups excluding carboxylic acids is 2. The molecule has 2 aromatic heterocycles. The van der Waals surface area contributed by atoms with Gasteiger partial charge in [-0.15, -0.1) is 11.3 Å². The molecule has 3 atom stereocenters. The van der Waals surface area contributed by atoms with Gasteiger partial charge < -0.3 is 20.9 Å². The van der Waals surface area contributed by atoms with Gasteiger partial charge in [-0.25, -0.2) is 9.97 Å². The molecular weight excluding hydrogens is 472 g/mol. The van der Waals surface area contributed by atoms with Gasteiger partial charge in [0.2, 0.25) is 0 Å². The number of rotatable bonds is 6. The Morgan fingerprint density at radius 3 is 2.78 bits per heavy atom. The van der Waals surface area contributed by atoms with E-state index in [1.165, 1.54) is 6.20 Å². The van der Waals surface area contributed by atoms with Gasteiger partial charge >= 0.3 is 11.8 Å². The molecule has 3 N–H and O–H groups in total. The molecular formula is C27H36N6O2S. The summed E-state index contributed by atoms with van der Waals surface area (Å²) in [5.74, 6) is -0.0839. The molecule has 1 saturated heterocycles. The van der Waals surface area contributed by atoms with E-state index in [1.807, 2.05) is 6.92 Å². The monoisotopic (exact) mass is 508 g/mol. The van der Waals surface area contributed by atoms with Crippen molar-refractivity contribution in [1.29, 1.82) is 0 Å². The minimum absolute atomic E-state index is 0.163. The number of hydrogen-bond acceptors (Lipinski definition) is 7. The molecule has 1 fully saturated rings. The lowest BCUT2D eigenvalue weighted by Gasteiger charge is -2.38. The maximum Gasteiger partial charge on any atom is 0.313 e. The van der Waals surface area contributed by atoms with E-state index in [9.17, 15) is 9.59 Å². The second-order valence-corrected chi connectivity index (χ2v) is 11.2. The Morgan fingerprint density at radius 1 is 1.28 bits per heavy atom. The third-order valence-electron chi connectivity index (χ3n) is 6.79. The van der Waals surface area contributed by atoms with Crippen LogP contribution in [-0.2, 0) is 16.0 Å². The molecule has 1 aliphatic heterocycles. The number of carbonyl (C=O) groups is 2. The van der Waals surface area contributed by atoms with E-state index in [2.05, 4.69) is 61.3 Å². The number of hydrogen-bond donors (Lipinski definition) is 2. The fourth-order valence-corrected chi connectivity index (χ4v) is 5.91. The Morgan fingerprint density at radius 2 is 2.06 bits per heavy atom. The van der Waals surface area contributed by atoms with Crippen molar-refractivity contribution in [1.82, 2.24) is 19.8 Å². The van der Waals surface area contributed by atoms with Crippen molar-refractivity contribution in [2.45, 2.75) is 52.0 Å². The van der Waals surface area contributed by atoms with E-state index in [1.54, 1.807) is 22.3 Å². The summed E-state index contributed by atoms with van der Waals surface area (Å²) in [5, 5.41) is 3.84.